The second-order valence-corrected chi connectivity index (χ2v) is 7.39. The number of rotatable bonds is 6. The number of para-hydroxylation sites is 2. The van der Waals surface area contributed by atoms with E-state index >= 15 is 0 Å². The van der Waals surface area contributed by atoms with Gasteiger partial charge in [0.25, 0.3) is 0 Å². The third-order valence-electron chi connectivity index (χ3n) is 4.44. The largest absolute Gasteiger partial charge is 0.489 e. The van der Waals surface area contributed by atoms with Crippen LogP contribution in [0.3, 0.4) is 0 Å². The van der Waals surface area contributed by atoms with Gasteiger partial charge in [0.2, 0.25) is 5.91 Å². The molecule has 5 nitrogen and oxygen atoms in total. The normalized spacial score (nSPS) is 15.0. The summed E-state index contributed by atoms with van der Waals surface area (Å²) in [5.41, 5.74) is 1.85. The van der Waals surface area contributed by atoms with Crippen LogP contribution < -0.4 is 15.0 Å². The van der Waals surface area contributed by atoms with Crippen molar-refractivity contribution in [3.05, 3.63) is 53.6 Å². The Kier molecular flexibility index (Phi) is 6.58. The third kappa shape index (κ3) is 5.62. The lowest BCUT2D eigenvalue weighted by atomic mass is 10.2. The number of halogens is 1. The monoisotopic (exact) mass is 387 g/mol. The smallest absolute Gasteiger partial charge is 0.238 e. The van der Waals surface area contributed by atoms with Gasteiger partial charge in [-0.15, -0.1) is 0 Å². The Morgan fingerprint density at radius 2 is 1.85 bits per heavy atom. The molecule has 2 aromatic rings. The zero-order valence-corrected chi connectivity index (χ0v) is 16.6. The van der Waals surface area contributed by atoms with Gasteiger partial charge in [0.1, 0.15) is 5.75 Å². The first kappa shape index (κ1) is 19.5. The summed E-state index contributed by atoms with van der Waals surface area (Å²) in [6.45, 7) is 7.74. The van der Waals surface area contributed by atoms with Crippen LogP contribution in [0.25, 0.3) is 0 Å². The molecule has 1 heterocycles. The van der Waals surface area contributed by atoms with E-state index in [1.807, 2.05) is 56.3 Å². The number of hydrogen-bond acceptors (Lipinski definition) is 4. The number of amides is 1. The van der Waals surface area contributed by atoms with Gasteiger partial charge in [-0.3, -0.25) is 9.69 Å². The number of hydrogen-bond donors (Lipinski definition) is 1. The van der Waals surface area contributed by atoms with Crippen molar-refractivity contribution in [2.45, 2.75) is 20.0 Å². The SMILES string of the molecule is CC(C)Oc1ccccc1NC(=O)CN1CCN(c2cccc(Cl)c2)CC1. The molecule has 1 fully saturated rings. The Balaban J connectivity index is 1.51. The molecule has 0 spiro atoms. The van der Waals surface area contributed by atoms with Crippen LogP contribution >= 0.6 is 11.6 Å². The first-order chi connectivity index (χ1) is 13.0. The highest BCUT2D eigenvalue weighted by Crippen LogP contribution is 2.25. The van der Waals surface area contributed by atoms with Crippen LogP contribution in [0.15, 0.2) is 48.5 Å². The van der Waals surface area contributed by atoms with Gasteiger partial charge in [-0.25, -0.2) is 0 Å². The Bertz CT molecular complexity index is 774. The predicted molar refractivity (Wildman–Crippen MR) is 111 cm³/mol. The van der Waals surface area contributed by atoms with Gasteiger partial charge < -0.3 is 15.0 Å². The molecule has 1 amide bonds. The molecule has 0 bridgehead atoms. The molecule has 0 aliphatic carbocycles. The summed E-state index contributed by atoms with van der Waals surface area (Å²) in [6, 6.07) is 15.4. The number of anilines is 2. The number of nitrogens with one attached hydrogen (secondary N) is 1. The summed E-state index contributed by atoms with van der Waals surface area (Å²) < 4.78 is 5.76. The molecule has 1 N–H and O–H groups in total. The molecule has 0 saturated carbocycles. The summed E-state index contributed by atoms with van der Waals surface area (Å²) in [7, 11) is 0. The van der Waals surface area contributed by atoms with Gasteiger partial charge in [-0.05, 0) is 44.2 Å². The van der Waals surface area contributed by atoms with Crippen molar-refractivity contribution < 1.29 is 9.53 Å². The van der Waals surface area contributed by atoms with E-state index < -0.39 is 0 Å². The summed E-state index contributed by atoms with van der Waals surface area (Å²) >= 11 is 6.08. The van der Waals surface area contributed by atoms with Crippen LogP contribution in [0.4, 0.5) is 11.4 Å². The zero-order valence-electron chi connectivity index (χ0n) is 15.8. The number of carbonyl (C=O) groups excluding carboxylic acids is 1. The van der Waals surface area contributed by atoms with Gasteiger partial charge in [0.05, 0.1) is 18.3 Å². The Morgan fingerprint density at radius 3 is 2.56 bits per heavy atom. The molecule has 6 heteroatoms. The molecule has 144 valence electrons. The van der Waals surface area contributed by atoms with Crippen LogP contribution in [0.1, 0.15) is 13.8 Å². The topological polar surface area (TPSA) is 44.8 Å². The van der Waals surface area contributed by atoms with E-state index in [1.165, 1.54) is 0 Å². The van der Waals surface area contributed by atoms with Crippen LogP contribution in [-0.4, -0.2) is 49.6 Å². The number of ether oxygens (including phenoxy) is 1. The van der Waals surface area contributed by atoms with E-state index in [4.69, 9.17) is 16.3 Å². The molecule has 2 aromatic carbocycles. The molecule has 1 saturated heterocycles. The van der Waals surface area contributed by atoms with E-state index in [-0.39, 0.29) is 12.0 Å². The first-order valence-electron chi connectivity index (χ1n) is 9.29. The lowest BCUT2D eigenvalue weighted by molar-refractivity contribution is -0.117. The molecular formula is C21H26ClN3O2. The van der Waals surface area contributed by atoms with E-state index in [0.29, 0.717) is 18.0 Å². The second-order valence-electron chi connectivity index (χ2n) is 6.95. The average Bonchev–Trinajstić information content (AvgIpc) is 2.63. The van der Waals surface area contributed by atoms with Crippen molar-refractivity contribution in [3.8, 4) is 5.75 Å². The number of benzene rings is 2. The molecule has 0 unspecified atom stereocenters. The van der Waals surface area contributed by atoms with Crippen LogP contribution in [0.5, 0.6) is 5.75 Å². The maximum absolute atomic E-state index is 12.5. The van der Waals surface area contributed by atoms with Gasteiger partial charge >= 0.3 is 0 Å². The standard InChI is InChI=1S/C21H26ClN3O2/c1-16(2)27-20-9-4-3-8-19(20)23-21(26)15-24-10-12-25(13-11-24)18-7-5-6-17(22)14-18/h3-9,14,16H,10-13,15H2,1-2H3,(H,23,26). The molecule has 0 aromatic heterocycles. The summed E-state index contributed by atoms with van der Waals surface area (Å²) in [5.74, 6) is 0.678. The second kappa shape index (κ2) is 9.11. The lowest BCUT2D eigenvalue weighted by Crippen LogP contribution is -2.48. The van der Waals surface area contributed by atoms with Crippen LogP contribution in [-0.2, 0) is 4.79 Å². The van der Waals surface area contributed by atoms with Crippen molar-refractivity contribution in [2.75, 3.05) is 42.9 Å². The molecule has 1 aliphatic rings. The molecule has 3 rings (SSSR count). The molecular weight excluding hydrogens is 362 g/mol. The summed E-state index contributed by atoms with van der Waals surface area (Å²) in [5, 5.41) is 3.72. The van der Waals surface area contributed by atoms with E-state index in [1.54, 1.807) is 0 Å². The van der Waals surface area contributed by atoms with Crippen molar-refractivity contribution in [3.63, 3.8) is 0 Å². The van der Waals surface area contributed by atoms with Gasteiger partial charge in [-0.1, -0.05) is 29.8 Å². The highest BCUT2D eigenvalue weighted by Gasteiger charge is 2.20. The van der Waals surface area contributed by atoms with Gasteiger partial charge in [-0.2, -0.15) is 0 Å². The minimum atomic E-state index is -0.0222. The molecule has 1 aliphatic heterocycles. The zero-order chi connectivity index (χ0) is 19.2. The molecule has 27 heavy (non-hydrogen) atoms. The Morgan fingerprint density at radius 1 is 1.11 bits per heavy atom. The van der Waals surface area contributed by atoms with E-state index in [0.717, 1.165) is 36.9 Å². The minimum Gasteiger partial charge on any atom is -0.489 e. The van der Waals surface area contributed by atoms with Crippen LogP contribution in [0, 0.1) is 0 Å². The third-order valence-corrected chi connectivity index (χ3v) is 4.67. The number of nitrogens with zero attached hydrogens (tertiary/aromatic N) is 2. The lowest BCUT2D eigenvalue weighted by Gasteiger charge is -2.35. The maximum Gasteiger partial charge on any atom is 0.238 e. The van der Waals surface area contributed by atoms with Crippen molar-refractivity contribution in [2.24, 2.45) is 0 Å². The highest BCUT2D eigenvalue weighted by atomic mass is 35.5. The summed E-state index contributed by atoms with van der Waals surface area (Å²) in [6.07, 6.45) is 0.0580. The van der Waals surface area contributed by atoms with Crippen molar-refractivity contribution in [1.82, 2.24) is 4.90 Å². The average molecular weight is 388 g/mol. The summed E-state index contributed by atoms with van der Waals surface area (Å²) in [4.78, 5) is 16.9. The Hall–Kier alpha value is -2.24. The fraction of sp³-hybridized carbons (Fsp3) is 0.381. The van der Waals surface area contributed by atoms with Gasteiger partial charge in [0, 0.05) is 36.9 Å². The minimum absolute atomic E-state index is 0.0222. The maximum atomic E-state index is 12.5. The van der Waals surface area contributed by atoms with Crippen LogP contribution in [0.2, 0.25) is 5.02 Å². The van der Waals surface area contributed by atoms with Gasteiger partial charge in [0.15, 0.2) is 0 Å². The number of piperazine rings is 1. The predicted octanol–water partition coefficient (Wildman–Crippen LogP) is 3.89. The van der Waals surface area contributed by atoms with Crippen molar-refractivity contribution >= 4 is 28.9 Å². The Labute approximate surface area is 165 Å². The highest BCUT2D eigenvalue weighted by molar-refractivity contribution is 6.30. The van der Waals surface area contributed by atoms with Crippen molar-refractivity contribution in [1.29, 1.82) is 0 Å². The van der Waals surface area contributed by atoms with E-state index in [2.05, 4.69) is 21.2 Å². The number of carbonyl (C=O) groups is 1. The fourth-order valence-corrected chi connectivity index (χ4v) is 3.34. The molecule has 0 atom stereocenters. The first-order valence-corrected chi connectivity index (χ1v) is 9.67. The quantitative estimate of drug-likeness (QED) is 0.816. The fourth-order valence-electron chi connectivity index (χ4n) is 3.16. The van der Waals surface area contributed by atoms with E-state index in [9.17, 15) is 4.79 Å². The molecule has 0 radical (unpaired) electrons.